The molecule has 0 atom stereocenters. The third-order valence-electron chi connectivity index (χ3n) is 3.61. The first kappa shape index (κ1) is 16.6. The summed E-state index contributed by atoms with van der Waals surface area (Å²) in [4.78, 5) is 8.34. The van der Waals surface area contributed by atoms with Gasteiger partial charge in [0.15, 0.2) is 5.82 Å². The first-order chi connectivity index (χ1) is 12.0. The summed E-state index contributed by atoms with van der Waals surface area (Å²) in [6.07, 6.45) is 1.42. The molecule has 0 bridgehead atoms. The summed E-state index contributed by atoms with van der Waals surface area (Å²) in [5.41, 5.74) is 9.58. The van der Waals surface area contributed by atoms with Gasteiger partial charge in [0.2, 0.25) is 5.88 Å². The van der Waals surface area contributed by atoms with Crippen molar-refractivity contribution in [2.24, 2.45) is 0 Å². The Morgan fingerprint density at radius 1 is 0.920 bits per heavy atom. The van der Waals surface area contributed by atoms with Crippen LogP contribution < -0.4 is 20.5 Å². The maximum atomic E-state index is 6.17. The number of aromatic nitrogens is 2. The van der Waals surface area contributed by atoms with E-state index in [0.717, 1.165) is 22.6 Å². The van der Waals surface area contributed by atoms with Gasteiger partial charge in [-0.3, -0.25) is 0 Å². The van der Waals surface area contributed by atoms with Crippen LogP contribution >= 0.6 is 0 Å². The normalized spacial score (nSPS) is 10.4. The Morgan fingerprint density at radius 2 is 1.60 bits per heavy atom. The largest absolute Gasteiger partial charge is 0.497 e. The van der Waals surface area contributed by atoms with E-state index in [1.807, 2.05) is 50.2 Å². The molecule has 25 heavy (non-hydrogen) atoms. The average molecular weight is 336 g/mol. The van der Waals surface area contributed by atoms with Crippen molar-refractivity contribution in [3.05, 3.63) is 59.9 Å². The minimum atomic E-state index is 0.316. The highest BCUT2D eigenvalue weighted by Crippen LogP contribution is 2.31. The number of nitrogens with zero attached hydrogens (tertiary/aromatic N) is 2. The van der Waals surface area contributed by atoms with Gasteiger partial charge >= 0.3 is 0 Å². The zero-order valence-electron chi connectivity index (χ0n) is 14.4. The molecule has 0 unspecified atom stereocenters. The molecule has 3 aromatic rings. The minimum Gasteiger partial charge on any atom is -0.497 e. The predicted octanol–water partition coefficient (Wildman–Crippen LogP) is 4.22. The van der Waals surface area contributed by atoms with Gasteiger partial charge in [0, 0.05) is 5.69 Å². The van der Waals surface area contributed by atoms with Crippen LogP contribution in [0.3, 0.4) is 0 Å². The molecule has 6 nitrogen and oxygen atoms in total. The minimum absolute atomic E-state index is 0.316. The summed E-state index contributed by atoms with van der Waals surface area (Å²) in [7, 11) is 1.63. The van der Waals surface area contributed by atoms with Gasteiger partial charge in [-0.15, -0.1) is 0 Å². The van der Waals surface area contributed by atoms with Crippen LogP contribution in [0.25, 0.3) is 0 Å². The molecule has 0 saturated carbocycles. The van der Waals surface area contributed by atoms with Crippen LogP contribution in [0.15, 0.2) is 48.8 Å². The van der Waals surface area contributed by atoms with Crippen molar-refractivity contribution >= 4 is 17.2 Å². The van der Waals surface area contributed by atoms with Gasteiger partial charge in [-0.05, 0) is 61.4 Å². The maximum absolute atomic E-state index is 6.17. The second-order valence-corrected chi connectivity index (χ2v) is 5.72. The van der Waals surface area contributed by atoms with E-state index in [1.165, 1.54) is 6.33 Å². The van der Waals surface area contributed by atoms with Crippen molar-refractivity contribution in [1.82, 2.24) is 9.97 Å². The van der Waals surface area contributed by atoms with Gasteiger partial charge in [0.05, 0.1) is 7.11 Å². The monoisotopic (exact) mass is 336 g/mol. The van der Waals surface area contributed by atoms with Gasteiger partial charge < -0.3 is 20.5 Å². The Morgan fingerprint density at radius 3 is 2.24 bits per heavy atom. The number of rotatable bonds is 5. The molecule has 0 saturated heterocycles. The number of nitrogens with two attached hydrogens (primary N) is 1. The lowest BCUT2D eigenvalue weighted by atomic mass is 10.1. The number of benzene rings is 2. The number of methoxy groups -OCH3 is 1. The van der Waals surface area contributed by atoms with Crippen molar-refractivity contribution in [3.63, 3.8) is 0 Å². The van der Waals surface area contributed by atoms with Crippen LogP contribution in [0.5, 0.6) is 17.4 Å². The van der Waals surface area contributed by atoms with E-state index in [-0.39, 0.29) is 0 Å². The molecule has 0 aliphatic rings. The van der Waals surface area contributed by atoms with Gasteiger partial charge in [0.25, 0.3) is 0 Å². The maximum Gasteiger partial charge on any atom is 0.248 e. The number of ether oxygens (including phenoxy) is 2. The number of hydrogen-bond acceptors (Lipinski definition) is 6. The highest BCUT2D eigenvalue weighted by Gasteiger charge is 2.11. The summed E-state index contributed by atoms with van der Waals surface area (Å²) in [6.45, 7) is 4.03. The van der Waals surface area contributed by atoms with Gasteiger partial charge in [0.1, 0.15) is 23.5 Å². The Hall–Kier alpha value is -3.28. The molecule has 0 radical (unpaired) electrons. The van der Waals surface area contributed by atoms with E-state index >= 15 is 0 Å². The standard InChI is InChI=1S/C19H20N4O2/c1-12-8-13(2)10-16(9-12)25-19-17(20)18(21-11-22-19)23-14-4-6-15(24-3)7-5-14/h4-11H,20H2,1-3H3,(H,21,22,23). The second kappa shape index (κ2) is 7.09. The number of anilines is 3. The van der Waals surface area contributed by atoms with Crippen molar-refractivity contribution < 1.29 is 9.47 Å². The first-order valence-corrected chi connectivity index (χ1v) is 7.83. The van der Waals surface area contributed by atoms with Crippen LogP contribution in [0.1, 0.15) is 11.1 Å². The van der Waals surface area contributed by atoms with E-state index in [9.17, 15) is 0 Å². The highest BCUT2D eigenvalue weighted by molar-refractivity contribution is 5.72. The summed E-state index contributed by atoms with van der Waals surface area (Å²) < 4.78 is 11.0. The molecule has 6 heteroatoms. The van der Waals surface area contributed by atoms with Gasteiger partial charge in [-0.25, -0.2) is 4.98 Å². The molecule has 1 heterocycles. The quantitative estimate of drug-likeness (QED) is 0.726. The van der Waals surface area contributed by atoms with Crippen molar-refractivity contribution in [2.45, 2.75) is 13.8 Å². The van der Waals surface area contributed by atoms with Crippen molar-refractivity contribution in [1.29, 1.82) is 0 Å². The van der Waals surface area contributed by atoms with E-state index in [0.29, 0.717) is 23.1 Å². The topological polar surface area (TPSA) is 82.3 Å². The zero-order chi connectivity index (χ0) is 17.8. The fraction of sp³-hybridized carbons (Fsp3) is 0.158. The number of nitrogen functional groups attached to an aromatic ring is 1. The lowest BCUT2D eigenvalue weighted by molar-refractivity contribution is 0.415. The fourth-order valence-electron chi connectivity index (χ4n) is 2.47. The molecule has 0 fully saturated rings. The third kappa shape index (κ3) is 3.98. The Balaban J connectivity index is 1.83. The molecule has 0 spiro atoms. The smallest absolute Gasteiger partial charge is 0.248 e. The third-order valence-corrected chi connectivity index (χ3v) is 3.61. The Labute approximate surface area is 146 Å². The van der Waals surface area contributed by atoms with Crippen LogP contribution in [0.2, 0.25) is 0 Å². The SMILES string of the molecule is COc1ccc(Nc2ncnc(Oc3cc(C)cc(C)c3)c2N)cc1. The summed E-state index contributed by atoms with van der Waals surface area (Å²) in [5.74, 6) is 2.27. The molecule has 0 aliphatic heterocycles. The van der Waals surface area contributed by atoms with E-state index in [1.54, 1.807) is 7.11 Å². The van der Waals surface area contributed by atoms with E-state index in [4.69, 9.17) is 15.2 Å². The lowest BCUT2D eigenvalue weighted by Crippen LogP contribution is -2.03. The van der Waals surface area contributed by atoms with Crippen LogP contribution in [0.4, 0.5) is 17.2 Å². The first-order valence-electron chi connectivity index (χ1n) is 7.83. The van der Waals surface area contributed by atoms with Crippen LogP contribution in [-0.2, 0) is 0 Å². The number of aryl methyl sites for hydroxylation is 2. The van der Waals surface area contributed by atoms with Crippen LogP contribution in [0, 0.1) is 13.8 Å². The van der Waals surface area contributed by atoms with E-state index in [2.05, 4.69) is 21.4 Å². The van der Waals surface area contributed by atoms with Crippen molar-refractivity contribution in [2.75, 3.05) is 18.2 Å². The predicted molar refractivity (Wildman–Crippen MR) is 98.7 cm³/mol. The molecular weight excluding hydrogens is 316 g/mol. The molecule has 2 aromatic carbocycles. The lowest BCUT2D eigenvalue weighted by Gasteiger charge is -2.12. The Bertz CT molecular complexity index is 859. The van der Waals surface area contributed by atoms with E-state index < -0.39 is 0 Å². The summed E-state index contributed by atoms with van der Waals surface area (Å²) in [5, 5.41) is 3.16. The molecule has 128 valence electrons. The molecule has 0 amide bonds. The number of nitrogens with one attached hydrogen (secondary N) is 1. The van der Waals surface area contributed by atoms with Gasteiger partial charge in [-0.1, -0.05) is 6.07 Å². The van der Waals surface area contributed by atoms with Crippen LogP contribution in [-0.4, -0.2) is 17.1 Å². The molecule has 0 aliphatic carbocycles. The van der Waals surface area contributed by atoms with Gasteiger partial charge in [-0.2, -0.15) is 4.98 Å². The second-order valence-electron chi connectivity index (χ2n) is 5.72. The van der Waals surface area contributed by atoms with Crippen molar-refractivity contribution in [3.8, 4) is 17.4 Å². The summed E-state index contributed by atoms with van der Waals surface area (Å²) in [6, 6.07) is 13.4. The summed E-state index contributed by atoms with van der Waals surface area (Å²) >= 11 is 0. The fourth-order valence-corrected chi connectivity index (χ4v) is 2.47. The molecule has 1 aromatic heterocycles. The average Bonchev–Trinajstić information content (AvgIpc) is 2.58. The molecule has 3 rings (SSSR count). The Kier molecular flexibility index (Phi) is 4.70. The molecular formula is C19H20N4O2. The zero-order valence-corrected chi connectivity index (χ0v) is 14.4. The molecule has 3 N–H and O–H groups in total. The highest BCUT2D eigenvalue weighted by atomic mass is 16.5. The number of hydrogen-bond donors (Lipinski definition) is 2.